The lowest BCUT2D eigenvalue weighted by Crippen LogP contribution is -2.32. The fourth-order valence-corrected chi connectivity index (χ4v) is 2.57. The van der Waals surface area contributed by atoms with Gasteiger partial charge in [-0.15, -0.1) is 0 Å². The van der Waals surface area contributed by atoms with Crippen molar-refractivity contribution in [3.63, 3.8) is 0 Å². The summed E-state index contributed by atoms with van der Waals surface area (Å²) in [6.45, 7) is 5.29. The Labute approximate surface area is 145 Å². The van der Waals surface area contributed by atoms with Gasteiger partial charge in [-0.25, -0.2) is 4.79 Å². The fourth-order valence-electron chi connectivity index (χ4n) is 2.57. The van der Waals surface area contributed by atoms with Crippen LogP contribution in [0.5, 0.6) is 0 Å². The monoisotopic (exact) mass is 343 g/mol. The predicted molar refractivity (Wildman–Crippen MR) is 95.7 cm³/mol. The lowest BCUT2D eigenvalue weighted by Gasteiger charge is -2.15. The molecule has 7 nitrogen and oxygen atoms in total. The van der Waals surface area contributed by atoms with Gasteiger partial charge in [-0.1, -0.05) is 35.9 Å². The summed E-state index contributed by atoms with van der Waals surface area (Å²) in [7, 11) is 0. The Kier molecular flexibility index (Phi) is 5.71. The van der Waals surface area contributed by atoms with Crippen molar-refractivity contribution in [2.75, 3.05) is 11.9 Å². The van der Waals surface area contributed by atoms with Crippen LogP contribution in [0.4, 0.5) is 16.2 Å². The average molecular weight is 343 g/mol. The maximum atomic E-state index is 12.1. The number of carbonyl (C=O) groups excluding carboxylic acids is 1. The van der Waals surface area contributed by atoms with E-state index in [0.29, 0.717) is 16.8 Å². The van der Waals surface area contributed by atoms with E-state index in [2.05, 4.69) is 10.6 Å². The van der Waals surface area contributed by atoms with Gasteiger partial charge in [0.05, 0.1) is 22.3 Å². The number of nitro groups is 1. The zero-order chi connectivity index (χ0) is 18.6. The third kappa shape index (κ3) is 4.54. The lowest BCUT2D eigenvalue weighted by atomic mass is 10.1. The van der Waals surface area contributed by atoms with Crippen molar-refractivity contribution in [2.45, 2.75) is 26.9 Å². The summed E-state index contributed by atoms with van der Waals surface area (Å²) < 4.78 is 0. The fraction of sp³-hybridized carbons (Fsp3) is 0.278. The third-order valence-corrected chi connectivity index (χ3v) is 3.96. The number of urea groups is 1. The van der Waals surface area contributed by atoms with Gasteiger partial charge in [0.2, 0.25) is 0 Å². The number of nitrogens with one attached hydrogen (secondary N) is 2. The normalized spacial score (nSPS) is 11.7. The molecule has 0 heterocycles. The van der Waals surface area contributed by atoms with E-state index in [1.807, 2.05) is 25.1 Å². The molecule has 0 fully saturated rings. The van der Waals surface area contributed by atoms with Crippen molar-refractivity contribution >= 4 is 17.4 Å². The van der Waals surface area contributed by atoms with Crippen LogP contribution < -0.4 is 10.6 Å². The molecule has 3 N–H and O–H groups in total. The van der Waals surface area contributed by atoms with Crippen molar-refractivity contribution in [3.05, 3.63) is 68.8 Å². The summed E-state index contributed by atoms with van der Waals surface area (Å²) in [5.41, 5.74) is 3.18. The lowest BCUT2D eigenvalue weighted by molar-refractivity contribution is -0.385. The van der Waals surface area contributed by atoms with Gasteiger partial charge in [-0.05, 0) is 31.9 Å². The molecule has 132 valence electrons. The molecule has 0 spiro atoms. The molecule has 2 rings (SSSR count). The Hall–Kier alpha value is -2.93. The van der Waals surface area contributed by atoms with Crippen LogP contribution >= 0.6 is 0 Å². The largest absolute Gasteiger partial charge is 0.387 e. The molecule has 1 atom stereocenters. The highest BCUT2D eigenvalue weighted by Crippen LogP contribution is 2.28. The number of anilines is 1. The molecular formula is C18H21N3O4. The van der Waals surface area contributed by atoms with Gasteiger partial charge < -0.3 is 15.7 Å². The van der Waals surface area contributed by atoms with Crippen LogP contribution in [0.1, 0.15) is 28.4 Å². The van der Waals surface area contributed by atoms with Gasteiger partial charge in [0.15, 0.2) is 0 Å². The molecule has 0 aromatic heterocycles. The van der Waals surface area contributed by atoms with Crippen LogP contribution in [0.15, 0.2) is 36.4 Å². The first kappa shape index (κ1) is 18.4. The summed E-state index contributed by atoms with van der Waals surface area (Å²) >= 11 is 0. The van der Waals surface area contributed by atoms with Gasteiger partial charge in [-0.2, -0.15) is 0 Å². The Morgan fingerprint density at radius 2 is 1.96 bits per heavy atom. The number of aliphatic hydroxyl groups is 1. The minimum Gasteiger partial charge on any atom is -0.387 e. The smallest absolute Gasteiger partial charge is 0.319 e. The van der Waals surface area contributed by atoms with Gasteiger partial charge in [0, 0.05) is 12.6 Å². The van der Waals surface area contributed by atoms with E-state index in [1.165, 1.54) is 6.07 Å². The topological polar surface area (TPSA) is 104 Å². The Balaban J connectivity index is 2.03. The quantitative estimate of drug-likeness (QED) is 0.572. The summed E-state index contributed by atoms with van der Waals surface area (Å²) in [6, 6.07) is 9.86. The molecule has 0 aliphatic rings. The van der Waals surface area contributed by atoms with Crippen LogP contribution in [0.25, 0.3) is 0 Å². The molecular weight excluding hydrogens is 322 g/mol. The van der Waals surface area contributed by atoms with Crippen molar-refractivity contribution in [2.24, 2.45) is 0 Å². The number of nitro benzene ring substituents is 1. The first-order valence-corrected chi connectivity index (χ1v) is 7.83. The highest BCUT2D eigenvalue weighted by atomic mass is 16.6. The van der Waals surface area contributed by atoms with E-state index < -0.39 is 17.1 Å². The summed E-state index contributed by atoms with van der Waals surface area (Å²) in [5, 5.41) is 26.4. The van der Waals surface area contributed by atoms with Crippen molar-refractivity contribution in [1.29, 1.82) is 0 Å². The number of aryl methyl sites for hydroxylation is 2. The second kappa shape index (κ2) is 7.76. The number of nitrogens with zero attached hydrogens (tertiary/aromatic N) is 1. The molecule has 0 aliphatic carbocycles. The van der Waals surface area contributed by atoms with Gasteiger partial charge >= 0.3 is 6.03 Å². The minimum absolute atomic E-state index is 0.0301. The van der Waals surface area contributed by atoms with E-state index in [0.717, 1.165) is 11.1 Å². The second-order valence-electron chi connectivity index (χ2n) is 5.92. The van der Waals surface area contributed by atoms with Crippen LogP contribution in [-0.2, 0) is 0 Å². The third-order valence-electron chi connectivity index (χ3n) is 3.96. The summed E-state index contributed by atoms with van der Waals surface area (Å²) in [6.07, 6.45) is -0.835. The number of carbonyl (C=O) groups is 1. The van der Waals surface area contributed by atoms with Crippen LogP contribution in [-0.4, -0.2) is 22.6 Å². The van der Waals surface area contributed by atoms with Gasteiger partial charge in [0.25, 0.3) is 5.69 Å². The number of benzene rings is 2. The standard InChI is InChI=1S/C18H21N3O4/c1-11-5-4-6-14(9-11)16(22)10-19-18(23)20-17-12(2)7-8-15(13(17)3)21(24)25/h4-9,16,22H,10H2,1-3H3,(H2,19,20,23). The van der Waals surface area contributed by atoms with Crippen LogP contribution in [0.3, 0.4) is 0 Å². The Morgan fingerprint density at radius 3 is 2.60 bits per heavy atom. The SMILES string of the molecule is Cc1cccc(C(O)CNC(=O)Nc2c(C)ccc([N+](=O)[O-])c2C)c1. The van der Waals surface area contributed by atoms with E-state index in [4.69, 9.17) is 0 Å². The van der Waals surface area contributed by atoms with E-state index in [1.54, 1.807) is 26.0 Å². The Bertz CT molecular complexity index is 805. The Morgan fingerprint density at radius 1 is 1.24 bits per heavy atom. The molecule has 0 saturated heterocycles. The molecule has 7 heteroatoms. The van der Waals surface area contributed by atoms with Gasteiger partial charge in [-0.3, -0.25) is 10.1 Å². The maximum Gasteiger partial charge on any atom is 0.319 e. The van der Waals surface area contributed by atoms with E-state index in [9.17, 15) is 20.0 Å². The highest BCUT2D eigenvalue weighted by molar-refractivity contribution is 5.91. The highest BCUT2D eigenvalue weighted by Gasteiger charge is 2.17. The van der Waals surface area contributed by atoms with Crippen LogP contribution in [0, 0.1) is 30.9 Å². The number of aliphatic hydroxyl groups excluding tert-OH is 1. The second-order valence-corrected chi connectivity index (χ2v) is 5.92. The minimum atomic E-state index is -0.835. The molecule has 0 bridgehead atoms. The van der Waals surface area contributed by atoms with Gasteiger partial charge in [0.1, 0.15) is 0 Å². The molecule has 0 aliphatic heterocycles. The summed E-state index contributed by atoms with van der Waals surface area (Å²) in [5.74, 6) is 0. The number of hydrogen-bond acceptors (Lipinski definition) is 4. The molecule has 0 radical (unpaired) electrons. The molecule has 25 heavy (non-hydrogen) atoms. The van der Waals surface area contributed by atoms with E-state index in [-0.39, 0.29) is 12.2 Å². The number of amides is 2. The van der Waals surface area contributed by atoms with Crippen molar-refractivity contribution in [1.82, 2.24) is 5.32 Å². The summed E-state index contributed by atoms with van der Waals surface area (Å²) in [4.78, 5) is 22.6. The zero-order valence-corrected chi connectivity index (χ0v) is 14.4. The first-order valence-electron chi connectivity index (χ1n) is 7.83. The number of rotatable bonds is 5. The van der Waals surface area contributed by atoms with Crippen LogP contribution in [0.2, 0.25) is 0 Å². The first-order chi connectivity index (χ1) is 11.8. The predicted octanol–water partition coefficient (Wildman–Crippen LogP) is 3.38. The average Bonchev–Trinajstić information content (AvgIpc) is 2.56. The molecule has 0 saturated carbocycles. The molecule has 1 unspecified atom stereocenters. The number of hydrogen-bond donors (Lipinski definition) is 3. The van der Waals surface area contributed by atoms with E-state index >= 15 is 0 Å². The maximum absolute atomic E-state index is 12.1. The van der Waals surface area contributed by atoms with Crippen molar-refractivity contribution < 1.29 is 14.8 Å². The molecule has 2 aromatic rings. The van der Waals surface area contributed by atoms with Crippen molar-refractivity contribution in [3.8, 4) is 0 Å². The zero-order valence-electron chi connectivity index (χ0n) is 14.4. The molecule has 2 aromatic carbocycles. The molecule has 2 amide bonds.